The fourth-order valence-electron chi connectivity index (χ4n) is 2.50. The topological polar surface area (TPSA) is 75.4 Å². The molecule has 1 aliphatic rings. The third kappa shape index (κ3) is 3.95. The molecule has 0 aromatic heterocycles. The van der Waals surface area contributed by atoms with E-state index in [1.165, 1.54) is 0 Å². The highest BCUT2D eigenvalue weighted by Gasteiger charge is 2.47. The summed E-state index contributed by atoms with van der Waals surface area (Å²) in [6, 6.07) is -0.0278. The van der Waals surface area contributed by atoms with Gasteiger partial charge in [-0.05, 0) is 18.3 Å². The van der Waals surface area contributed by atoms with Crippen LogP contribution >= 0.6 is 0 Å². The highest BCUT2D eigenvalue weighted by Crippen LogP contribution is 2.40. The third-order valence-electron chi connectivity index (χ3n) is 3.87. The van der Waals surface area contributed by atoms with Crippen molar-refractivity contribution in [3.63, 3.8) is 0 Å². The normalized spacial score (nSPS) is 28.4. The standard InChI is InChI=1S/C14H28N2O2/c1-13(2,3)8-9(15)6-12(18)16-10-7-11(17)14(10,4)5/h9-11,17H,6-8,15H2,1-5H3,(H,16,18). The first kappa shape index (κ1) is 15.4. The summed E-state index contributed by atoms with van der Waals surface area (Å²) >= 11 is 0. The number of carbonyl (C=O) groups excluding carboxylic acids is 1. The Labute approximate surface area is 110 Å². The minimum absolute atomic E-state index is 0.00303. The summed E-state index contributed by atoms with van der Waals surface area (Å²) in [4.78, 5) is 11.9. The van der Waals surface area contributed by atoms with E-state index in [1.54, 1.807) is 0 Å². The average molecular weight is 256 g/mol. The van der Waals surface area contributed by atoms with Crippen molar-refractivity contribution >= 4 is 5.91 Å². The number of carbonyl (C=O) groups is 1. The van der Waals surface area contributed by atoms with Gasteiger partial charge in [0.2, 0.25) is 5.91 Å². The minimum atomic E-state index is -0.314. The van der Waals surface area contributed by atoms with E-state index < -0.39 is 0 Å². The molecule has 1 amide bonds. The molecule has 1 fully saturated rings. The molecule has 0 radical (unpaired) electrons. The lowest BCUT2D eigenvalue weighted by Crippen LogP contribution is -2.61. The second-order valence-electron chi connectivity index (χ2n) is 7.42. The summed E-state index contributed by atoms with van der Waals surface area (Å²) in [5.41, 5.74) is 5.91. The fraction of sp³-hybridized carbons (Fsp3) is 0.929. The Hall–Kier alpha value is -0.610. The molecule has 0 aromatic rings. The Morgan fingerprint density at radius 2 is 2.06 bits per heavy atom. The van der Waals surface area contributed by atoms with Crippen LogP contribution < -0.4 is 11.1 Å². The first-order valence-corrected chi connectivity index (χ1v) is 6.75. The first-order chi connectivity index (χ1) is 8.02. The minimum Gasteiger partial charge on any atom is -0.392 e. The lowest BCUT2D eigenvalue weighted by atomic mass is 9.64. The summed E-state index contributed by atoms with van der Waals surface area (Å²) in [6.07, 6.45) is 1.52. The van der Waals surface area contributed by atoms with E-state index in [2.05, 4.69) is 26.1 Å². The third-order valence-corrected chi connectivity index (χ3v) is 3.87. The average Bonchev–Trinajstić information content (AvgIpc) is 2.13. The summed E-state index contributed by atoms with van der Waals surface area (Å²) in [7, 11) is 0. The van der Waals surface area contributed by atoms with Crippen molar-refractivity contribution in [3.8, 4) is 0 Å². The van der Waals surface area contributed by atoms with Gasteiger partial charge in [-0.3, -0.25) is 4.79 Å². The van der Waals surface area contributed by atoms with Crippen LogP contribution in [0.3, 0.4) is 0 Å². The van der Waals surface area contributed by atoms with Gasteiger partial charge in [-0.15, -0.1) is 0 Å². The van der Waals surface area contributed by atoms with E-state index in [4.69, 9.17) is 5.73 Å². The molecule has 106 valence electrons. The van der Waals surface area contributed by atoms with Gasteiger partial charge in [0.25, 0.3) is 0 Å². The Balaban J connectivity index is 2.35. The summed E-state index contributed by atoms with van der Waals surface area (Å²) in [6.45, 7) is 10.3. The molecule has 3 unspecified atom stereocenters. The van der Waals surface area contributed by atoms with E-state index in [-0.39, 0.29) is 34.9 Å². The van der Waals surface area contributed by atoms with Gasteiger partial charge in [0.15, 0.2) is 0 Å². The number of aliphatic hydroxyl groups is 1. The van der Waals surface area contributed by atoms with Crippen LogP contribution in [0.15, 0.2) is 0 Å². The van der Waals surface area contributed by atoms with E-state index in [9.17, 15) is 9.90 Å². The first-order valence-electron chi connectivity index (χ1n) is 6.75. The van der Waals surface area contributed by atoms with E-state index in [0.29, 0.717) is 12.8 Å². The van der Waals surface area contributed by atoms with Crippen molar-refractivity contribution in [2.24, 2.45) is 16.6 Å². The number of nitrogens with one attached hydrogen (secondary N) is 1. The molecule has 0 heterocycles. The number of nitrogens with two attached hydrogens (primary N) is 1. The van der Waals surface area contributed by atoms with Crippen LogP contribution in [-0.2, 0) is 4.79 Å². The molecule has 0 spiro atoms. The molecular formula is C14H28N2O2. The molecule has 4 N–H and O–H groups in total. The Morgan fingerprint density at radius 1 is 1.50 bits per heavy atom. The molecule has 0 aliphatic heterocycles. The number of aliphatic hydroxyl groups excluding tert-OH is 1. The number of amides is 1. The van der Waals surface area contributed by atoms with E-state index in [0.717, 1.165) is 6.42 Å². The zero-order chi connectivity index (χ0) is 14.1. The molecule has 4 nitrogen and oxygen atoms in total. The van der Waals surface area contributed by atoms with Crippen molar-refractivity contribution in [2.45, 2.75) is 72.1 Å². The molecule has 1 rings (SSSR count). The van der Waals surface area contributed by atoms with Crippen LogP contribution in [0.25, 0.3) is 0 Å². The van der Waals surface area contributed by atoms with Gasteiger partial charge in [-0.2, -0.15) is 0 Å². The monoisotopic (exact) mass is 256 g/mol. The predicted molar refractivity (Wildman–Crippen MR) is 73.0 cm³/mol. The van der Waals surface area contributed by atoms with Gasteiger partial charge in [0.05, 0.1) is 6.10 Å². The quantitative estimate of drug-likeness (QED) is 0.712. The maximum Gasteiger partial charge on any atom is 0.221 e. The van der Waals surface area contributed by atoms with Crippen molar-refractivity contribution < 1.29 is 9.90 Å². The number of rotatable bonds is 4. The van der Waals surface area contributed by atoms with E-state index in [1.807, 2.05) is 13.8 Å². The lowest BCUT2D eigenvalue weighted by Gasteiger charge is -2.49. The van der Waals surface area contributed by atoms with E-state index >= 15 is 0 Å². The zero-order valence-electron chi connectivity index (χ0n) is 12.3. The van der Waals surface area contributed by atoms with Gasteiger partial charge in [0.1, 0.15) is 0 Å². The number of hydrogen-bond acceptors (Lipinski definition) is 3. The Bertz CT molecular complexity index is 307. The van der Waals surface area contributed by atoms with Crippen molar-refractivity contribution in [1.82, 2.24) is 5.32 Å². The highest BCUT2D eigenvalue weighted by molar-refractivity contribution is 5.77. The molecular weight excluding hydrogens is 228 g/mol. The number of hydrogen-bond donors (Lipinski definition) is 3. The maximum atomic E-state index is 11.9. The maximum absolute atomic E-state index is 11.9. The van der Waals surface area contributed by atoms with Crippen molar-refractivity contribution in [1.29, 1.82) is 0 Å². The van der Waals surface area contributed by atoms with Gasteiger partial charge < -0.3 is 16.2 Å². The van der Waals surface area contributed by atoms with Crippen molar-refractivity contribution in [2.75, 3.05) is 0 Å². The SMILES string of the molecule is CC(C)(C)CC(N)CC(=O)NC1CC(O)C1(C)C. The summed E-state index contributed by atoms with van der Waals surface area (Å²) in [5.74, 6) is -0.00303. The van der Waals surface area contributed by atoms with Crippen LogP contribution in [0.4, 0.5) is 0 Å². The molecule has 4 heteroatoms. The molecule has 0 aromatic carbocycles. The van der Waals surface area contributed by atoms with Crippen LogP contribution in [0.5, 0.6) is 0 Å². The van der Waals surface area contributed by atoms with Gasteiger partial charge in [0, 0.05) is 23.9 Å². The molecule has 0 bridgehead atoms. The molecule has 1 aliphatic carbocycles. The van der Waals surface area contributed by atoms with Crippen LogP contribution in [0.1, 0.15) is 53.9 Å². The van der Waals surface area contributed by atoms with Gasteiger partial charge >= 0.3 is 0 Å². The Kier molecular flexibility index (Phi) is 4.44. The van der Waals surface area contributed by atoms with Crippen LogP contribution in [0.2, 0.25) is 0 Å². The van der Waals surface area contributed by atoms with Gasteiger partial charge in [-0.25, -0.2) is 0 Å². The molecule has 18 heavy (non-hydrogen) atoms. The second kappa shape index (κ2) is 5.17. The summed E-state index contributed by atoms with van der Waals surface area (Å²) < 4.78 is 0. The Morgan fingerprint density at radius 3 is 2.44 bits per heavy atom. The zero-order valence-corrected chi connectivity index (χ0v) is 12.3. The van der Waals surface area contributed by atoms with Gasteiger partial charge in [-0.1, -0.05) is 34.6 Å². The summed E-state index contributed by atoms with van der Waals surface area (Å²) in [5, 5.41) is 12.6. The lowest BCUT2D eigenvalue weighted by molar-refractivity contribution is -0.129. The predicted octanol–water partition coefficient (Wildman–Crippen LogP) is 1.42. The fourth-order valence-corrected chi connectivity index (χ4v) is 2.50. The molecule has 3 atom stereocenters. The largest absolute Gasteiger partial charge is 0.392 e. The van der Waals surface area contributed by atoms with Crippen molar-refractivity contribution in [3.05, 3.63) is 0 Å². The molecule has 1 saturated carbocycles. The van der Waals surface area contributed by atoms with Crippen LogP contribution in [-0.4, -0.2) is 29.2 Å². The molecule has 0 saturated heterocycles. The highest BCUT2D eigenvalue weighted by atomic mass is 16.3. The smallest absolute Gasteiger partial charge is 0.221 e. The second-order valence-corrected chi connectivity index (χ2v) is 7.42. The van der Waals surface area contributed by atoms with Crippen LogP contribution in [0, 0.1) is 10.8 Å².